The Hall–Kier alpha value is -1.59. The van der Waals surface area contributed by atoms with E-state index in [1.165, 1.54) is 5.56 Å². The molecule has 0 amide bonds. The van der Waals surface area contributed by atoms with Crippen molar-refractivity contribution in [2.24, 2.45) is 0 Å². The van der Waals surface area contributed by atoms with Gasteiger partial charge in [-0.05, 0) is 17.7 Å². The molecule has 1 fully saturated rings. The Balaban J connectivity index is 1.84. The van der Waals surface area contributed by atoms with Gasteiger partial charge in [0.1, 0.15) is 0 Å². The quantitative estimate of drug-likeness (QED) is 0.941. The highest BCUT2D eigenvalue weighted by atomic mass is 32.2. The topological polar surface area (TPSA) is 53.4 Å². The summed E-state index contributed by atoms with van der Waals surface area (Å²) < 4.78 is 0. The summed E-state index contributed by atoms with van der Waals surface area (Å²) in [5.41, 5.74) is 2.22. The fraction of sp³-hybridized carbons (Fsp3) is 0.375. The molecule has 0 radical (unpaired) electrons. The van der Waals surface area contributed by atoms with Crippen LogP contribution in [0, 0.1) is 0 Å². The van der Waals surface area contributed by atoms with E-state index in [4.69, 9.17) is 5.11 Å². The predicted molar refractivity (Wildman–Crippen MR) is 85.5 cm³/mol. The average molecular weight is 302 g/mol. The van der Waals surface area contributed by atoms with Crippen LogP contribution in [0.5, 0.6) is 0 Å². The lowest BCUT2D eigenvalue weighted by Gasteiger charge is -2.34. The van der Waals surface area contributed by atoms with Crippen LogP contribution in [0.15, 0.2) is 36.5 Å². The van der Waals surface area contributed by atoms with Gasteiger partial charge >= 0.3 is 5.97 Å². The van der Waals surface area contributed by atoms with Gasteiger partial charge in [0.05, 0.1) is 11.9 Å². The molecule has 21 heavy (non-hydrogen) atoms. The van der Waals surface area contributed by atoms with Crippen molar-refractivity contribution in [2.45, 2.75) is 19.0 Å². The average Bonchev–Trinajstić information content (AvgIpc) is 2.49. The van der Waals surface area contributed by atoms with Crippen LogP contribution in [0.4, 0.5) is 0 Å². The Bertz CT molecular complexity index is 642. The van der Waals surface area contributed by atoms with E-state index < -0.39 is 5.97 Å². The molecule has 1 aromatic carbocycles. The number of fused-ring (bicyclic) bond motifs is 1. The number of thioether (sulfide) groups is 1. The van der Waals surface area contributed by atoms with Crippen molar-refractivity contribution in [1.29, 1.82) is 0 Å². The normalized spacial score (nSPS) is 19.7. The number of pyridine rings is 1. The minimum Gasteiger partial charge on any atom is -0.481 e. The SMILES string of the molecule is O=C(O)CC1CSCCN1Cc1ccnc2ccccc12. The Kier molecular flexibility index (Phi) is 4.41. The molecule has 0 bridgehead atoms. The summed E-state index contributed by atoms with van der Waals surface area (Å²) in [6.45, 7) is 1.74. The number of nitrogens with zero attached hydrogens (tertiary/aromatic N) is 2. The monoisotopic (exact) mass is 302 g/mol. The first-order chi connectivity index (χ1) is 10.2. The van der Waals surface area contributed by atoms with Crippen LogP contribution in [0.3, 0.4) is 0 Å². The van der Waals surface area contributed by atoms with Crippen LogP contribution in [-0.4, -0.2) is 45.1 Å². The van der Waals surface area contributed by atoms with E-state index in [0.29, 0.717) is 0 Å². The number of carboxylic acid groups (broad SMARTS) is 1. The van der Waals surface area contributed by atoms with Crippen molar-refractivity contribution < 1.29 is 9.90 Å². The third-order valence-electron chi connectivity index (χ3n) is 3.87. The van der Waals surface area contributed by atoms with Crippen LogP contribution in [0.2, 0.25) is 0 Å². The summed E-state index contributed by atoms with van der Waals surface area (Å²) >= 11 is 1.85. The molecule has 2 aromatic rings. The Morgan fingerprint density at radius 2 is 2.24 bits per heavy atom. The minimum atomic E-state index is -0.716. The van der Waals surface area contributed by atoms with E-state index in [1.807, 2.05) is 42.2 Å². The summed E-state index contributed by atoms with van der Waals surface area (Å²) in [7, 11) is 0. The summed E-state index contributed by atoms with van der Waals surface area (Å²) in [5.74, 6) is 1.25. The third-order valence-corrected chi connectivity index (χ3v) is 4.96. The van der Waals surface area contributed by atoms with Crippen LogP contribution >= 0.6 is 11.8 Å². The predicted octanol–water partition coefficient (Wildman–Crippen LogP) is 2.63. The second kappa shape index (κ2) is 6.45. The fourth-order valence-corrected chi connectivity index (χ4v) is 3.93. The van der Waals surface area contributed by atoms with Crippen molar-refractivity contribution in [3.63, 3.8) is 0 Å². The molecular weight excluding hydrogens is 284 g/mol. The molecule has 0 saturated carbocycles. The zero-order valence-corrected chi connectivity index (χ0v) is 12.6. The molecule has 110 valence electrons. The van der Waals surface area contributed by atoms with Crippen molar-refractivity contribution in [2.75, 3.05) is 18.1 Å². The zero-order chi connectivity index (χ0) is 14.7. The standard InChI is InChI=1S/C16H18N2O2S/c19-16(20)9-13-11-21-8-7-18(13)10-12-5-6-17-15-4-2-1-3-14(12)15/h1-6,13H,7-11H2,(H,19,20). The van der Waals surface area contributed by atoms with E-state index in [-0.39, 0.29) is 12.5 Å². The van der Waals surface area contributed by atoms with Gasteiger partial charge in [-0.2, -0.15) is 11.8 Å². The highest BCUT2D eigenvalue weighted by molar-refractivity contribution is 7.99. The maximum atomic E-state index is 11.0. The molecule has 5 heteroatoms. The lowest BCUT2D eigenvalue weighted by molar-refractivity contribution is -0.138. The number of rotatable bonds is 4. The molecule has 3 rings (SSSR count). The van der Waals surface area contributed by atoms with Gasteiger partial charge in [0, 0.05) is 42.2 Å². The molecular formula is C16H18N2O2S. The number of hydrogen-bond acceptors (Lipinski definition) is 4. The van der Waals surface area contributed by atoms with Gasteiger partial charge in [-0.1, -0.05) is 18.2 Å². The largest absolute Gasteiger partial charge is 0.481 e. The maximum absolute atomic E-state index is 11.0. The van der Waals surface area contributed by atoms with E-state index in [1.54, 1.807) is 0 Å². The van der Waals surface area contributed by atoms with Crippen molar-refractivity contribution in [3.8, 4) is 0 Å². The molecule has 1 atom stereocenters. The molecule has 0 aliphatic carbocycles. The van der Waals surface area contributed by atoms with Crippen LogP contribution < -0.4 is 0 Å². The smallest absolute Gasteiger partial charge is 0.304 e. The Morgan fingerprint density at radius 1 is 1.38 bits per heavy atom. The molecule has 1 aliphatic rings. The van der Waals surface area contributed by atoms with Gasteiger partial charge in [-0.3, -0.25) is 14.7 Å². The lowest BCUT2D eigenvalue weighted by atomic mass is 10.1. The minimum absolute atomic E-state index is 0.119. The first kappa shape index (κ1) is 14.4. The zero-order valence-electron chi connectivity index (χ0n) is 11.7. The summed E-state index contributed by atoms with van der Waals surface area (Å²) in [4.78, 5) is 17.7. The second-order valence-electron chi connectivity index (χ2n) is 5.28. The number of aromatic nitrogens is 1. The highest BCUT2D eigenvalue weighted by Gasteiger charge is 2.25. The highest BCUT2D eigenvalue weighted by Crippen LogP contribution is 2.24. The molecule has 2 heterocycles. The van der Waals surface area contributed by atoms with E-state index in [2.05, 4.69) is 16.0 Å². The lowest BCUT2D eigenvalue weighted by Crippen LogP contribution is -2.43. The van der Waals surface area contributed by atoms with Crippen molar-refractivity contribution >= 4 is 28.6 Å². The second-order valence-corrected chi connectivity index (χ2v) is 6.43. The van der Waals surface area contributed by atoms with Gasteiger partial charge in [0.15, 0.2) is 0 Å². The first-order valence-corrected chi connectivity index (χ1v) is 8.26. The first-order valence-electron chi connectivity index (χ1n) is 7.10. The Morgan fingerprint density at radius 3 is 3.10 bits per heavy atom. The third kappa shape index (κ3) is 3.36. The van der Waals surface area contributed by atoms with Gasteiger partial charge in [0.2, 0.25) is 0 Å². The van der Waals surface area contributed by atoms with Gasteiger partial charge in [-0.15, -0.1) is 0 Å². The maximum Gasteiger partial charge on any atom is 0.304 e. The van der Waals surface area contributed by atoms with Gasteiger partial charge in [-0.25, -0.2) is 0 Å². The van der Waals surface area contributed by atoms with Crippen LogP contribution in [0.25, 0.3) is 10.9 Å². The van der Waals surface area contributed by atoms with Gasteiger partial charge in [0.25, 0.3) is 0 Å². The van der Waals surface area contributed by atoms with Crippen molar-refractivity contribution in [1.82, 2.24) is 9.88 Å². The molecule has 1 N–H and O–H groups in total. The fourth-order valence-electron chi connectivity index (χ4n) is 2.80. The number of hydrogen-bond donors (Lipinski definition) is 1. The molecule has 1 unspecified atom stereocenters. The van der Waals surface area contributed by atoms with Gasteiger partial charge < -0.3 is 5.11 Å². The van der Waals surface area contributed by atoms with Crippen molar-refractivity contribution in [3.05, 3.63) is 42.1 Å². The summed E-state index contributed by atoms with van der Waals surface area (Å²) in [6.07, 6.45) is 2.05. The van der Waals surface area contributed by atoms with E-state index >= 15 is 0 Å². The van der Waals surface area contributed by atoms with Crippen LogP contribution in [-0.2, 0) is 11.3 Å². The molecule has 1 aliphatic heterocycles. The summed E-state index contributed by atoms with van der Waals surface area (Å²) in [6, 6.07) is 10.3. The van der Waals surface area contributed by atoms with E-state index in [0.717, 1.165) is 35.5 Å². The molecule has 4 nitrogen and oxygen atoms in total. The van der Waals surface area contributed by atoms with E-state index in [9.17, 15) is 4.79 Å². The number of aliphatic carboxylic acids is 1. The number of carbonyl (C=O) groups is 1. The molecule has 0 spiro atoms. The molecule has 1 saturated heterocycles. The Labute approximate surface area is 128 Å². The number of benzene rings is 1. The number of carboxylic acids is 1. The molecule has 1 aromatic heterocycles. The van der Waals surface area contributed by atoms with Crippen LogP contribution in [0.1, 0.15) is 12.0 Å². The summed E-state index contributed by atoms with van der Waals surface area (Å²) in [5, 5.41) is 10.2. The number of para-hydroxylation sites is 1.